The van der Waals surface area contributed by atoms with Crippen LogP contribution in [0.1, 0.15) is 43.9 Å². The van der Waals surface area contributed by atoms with Gasteiger partial charge in [-0.2, -0.15) is 0 Å². The number of rotatable bonds is 9. The predicted molar refractivity (Wildman–Crippen MR) is 116 cm³/mol. The van der Waals surface area contributed by atoms with Crippen LogP contribution in [0.3, 0.4) is 0 Å². The molecule has 0 aliphatic heterocycles. The third kappa shape index (κ3) is 6.93. The lowest BCUT2D eigenvalue weighted by Crippen LogP contribution is -2.50. The number of aryl methyl sites for hydroxylation is 2. The Morgan fingerprint density at radius 1 is 1.03 bits per heavy atom. The van der Waals surface area contributed by atoms with Gasteiger partial charge in [-0.3, -0.25) is 9.59 Å². The number of carbonyl (C=O) groups is 2. The van der Waals surface area contributed by atoms with Gasteiger partial charge in [0, 0.05) is 12.6 Å². The highest BCUT2D eigenvalue weighted by atomic mass is 16.5. The van der Waals surface area contributed by atoms with E-state index in [0.29, 0.717) is 12.3 Å². The summed E-state index contributed by atoms with van der Waals surface area (Å²) in [4.78, 5) is 27.3. The van der Waals surface area contributed by atoms with Crippen molar-refractivity contribution in [2.75, 3.05) is 6.61 Å². The van der Waals surface area contributed by atoms with E-state index in [9.17, 15) is 9.59 Å². The monoisotopic (exact) mass is 396 g/mol. The van der Waals surface area contributed by atoms with Gasteiger partial charge in [-0.1, -0.05) is 48.9 Å². The summed E-state index contributed by atoms with van der Waals surface area (Å²) in [6, 6.07) is 15.0. The second kappa shape index (κ2) is 10.6. The molecule has 0 saturated heterocycles. The summed E-state index contributed by atoms with van der Waals surface area (Å²) in [5.74, 6) is 0.265. The number of benzene rings is 2. The second-order valence-corrected chi connectivity index (χ2v) is 7.61. The predicted octanol–water partition coefficient (Wildman–Crippen LogP) is 4.01. The zero-order chi connectivity index (χ0) is 21.4. The highest BCUT2D eigenvalue weighted by molar-refractivity contribution is 5.88. The fraction of sp³-hybridized carbons (Fsp3) is 0.417. The van der Waals surface area contributed by atoms with E-state index >= 15 is 0 Å². The van der Waals surface area contributed by atoms with Crippen molar-refractivity contribution in [3.05, 3.63) is 65.2 Å². The Kier molecular flexibility index (Phi) is 8.25. The molecule has 0 aromatic heterocycles. The van der Waals surface area contributed by atoms with Gasteiger partial charge in [-0.25, -0.2) is 0 Å². The molecule has 0 fully saturated rings. The zero-order valence-corrected chi connectivity index (χ0v) is 18.1. The molecule has 2 amide bonds. The molecule has 0 unspecified atom stereocenters. The molecule has 5 heteroatoms. The molecule has 0 aliphatic rings. The Balaban J connectivity index is 2.15. The molecule has 0 spiro atoms. The van der Waals surface area contributed by atoms with Crippen molar-refractivity contribution < 1.29 is 14.3 Å². The Hall–Kier alpha value is -2.82. The van der Waals surface area contributed by atoms with Crippen molar-refractivity contribution in [1.82, 2.24) is 10.2 Å². The molecular formula is C24H32N2O3. The minimum absolute atomic E-state index is 0.0596. The van der Waals surface area contributed by atoms with Crippen LogP contribution in [0.4, 0.5) is 0 Å². The molecule has 0 radical (unpaired) electrons. The van der Waals surface area contributed by atoms with Crippen LogP contribution >= 0.6 is 0 Å². The maximum atomic E-state index is 13.0. The van der Waals surface area contributed by atoms with Gasteiger partial charge in [-0.05, 0) is 57.4 Å². The molecule has 2 rings (SSSR count). The summed E-state index contributed by atoms with van der Waals surface area (Å²) in [5, 5.41) is 2.97. The van der Waals surface area contributed by atoms with Crippen LogP contribution in [0.5, 0.6) is 5.75 Å². The van der Waals surface area contributed by atoms with Crippen LogP contribution in [0.25, 0.3) is 0 Å². The van der Waals surface area contributed by atoms with Crippen molar-refractivity contribution in [3.63, 3.8) is 0 Å². The molecule has 5 nitrogen and oxygen atoms in total. The average molecular weight is 397 g/mol. The lowest BCUT2D eigenvalue weighted by Gasteiger charge is -2.29. The van der Waals surface area contributed by atoms with Gasteiger partial charge in [-0.15, -0.1) is 0 Å². The highest BCUT2D eigenvalue weighted by Gasteiger charge is 2.27. The molecule has 0 bridgehead atoms. The first kappa shape index (κ1) is 22.5. The SMILES string of the molecule is CC[C@H](C)NC(=O)[C@H](C)N(Cc1cccc(C)c1)C(=O)COc1cccc(C)c1. The summed E-state index contributed by atoms with van der Waals surface area (Å²) in [7, 11) is 0. The van der Waals surface area contributed by atoms with E-state index in [0.717, 1.165) is 23.1 Å². The van der Waals surface area contributed by atoms with Crippen LogP contribution < -0.4 is 10.1 Å². The van der Waals surface area contributed by atoms with Crippen molar-refractivity contribution >= 4 is 11.8 Å². The largest absolute Gasteiger partial charge is 0.484 e. The first-order chi connectivity index (χ1) is 13.8. The van der Waals surface area contributed by atoms with E-state index in [1.807, 2.05) is 76.2 Å². The Morgan fingerprint density at radius 2 is 1.69 bits per heavy atom. The van der Waals surface area contributed by atoms with Gasteiger partial charge in [0.2, 0.25) is 5.91 Å². The van der Waals surface area contributed by atoms with E-state index in [-0.39, 0.29) is 24.5 Å². The van der Waals surface area contributed by atoms with Gasteiger partial charge in [0.1, 0.15) is 11.8 Å². The number of ether oxygens (including phenoxy) is 1. The minimum Gasteiger partial charge on any atom is -0.484 e. The molecule has 0 aliphatic carbocycles. The Morgan fingerprint density at radius 3 is 2.31 bits per heavy atom. The van der Waals surface area contributed by atoms with E-state index in [4.69, 9.17) is 4.74 Å². The summed E-state index contributed by atoms with van der Waals surface area (Å²) < 4.78 is 5.70. The van der Waals surface area contributed by atoms with E-state index in [1.165, 1.54) is 0 Å². The molecule has 0 heterocycles. The number of carbonyl (C=O) groups excluding carboxylic acids is 2. The van der Waals surface area contributed by atoms with Crippen LogP contribution in [-0.2, 0) is 16.1 Å². The number of nitrogens with one attached hydrogen (secondary N) is 1. The maximum absolute atomic E-state index is 13.0. The fourth-order valence-corrected chi connectivity index (χ4v) is 2.99. The summed E-state index contributed by atoms with van der Waals surface area (Å²) in [6.07, 6.45) is 0.834. The standard InChI is InChI=1S/C24H32N2O3/c1-6-19(4)25-24(28)20(5)26(15-21-11-7-9-17(2)13-21)23(27)16-29-22-12-8-10-18(3)14-22/h7-14,19-20H,6,15-16H2,1-5H3,(H,25,28)/t19-,20-/m0/s1. The molecular weight excluding hydrogens is 364 g/mol. The maximum Gasteiger partial charge on any atom is 0.261 e. The first-order valence-electron chi connectivity index (χ1n) is 10.1. The Labute approximate surface area is 174 Å². The third-order valence-corrected chi connectivity index (χ3v) is 4.96. The minimum atomic E-state index is -0.599. The van der Waals surface area contributed by atoms with Crippen molar-refractivity contribution in [1.29, 1.82) is 0 Å². The molecule has 156 valence electrons. The lowest BCUT2D eigenvalue weighted by molar-refractivity contribution is -0.142. The van der Waals surface area contributed by atoms with Crippen LogP contribution in [0, 0.1) is 13.8 Å². The number of amides is 2. The summed E-state index contributed by atoms with van der Waals surface area (Å²) >= 11 is 0. The molecule has 1 N–H and O–H groups in total. The van der Waals surface area contributed by atoms with Gasteiger partial charge in [0.15, 0.2) is 6.61 Å². The van der Waals surface area contributed by atoms with Gasteiger partial charge in [0.05, 0.1) is 0 Å². The first-order valence-corrected chi connectivity index (χ1v) is 10.1. The van der Waals surface area contributed by atoms with Crippen LogP contribution in [0.15, 0.2) is 48.5 Å². The molecule has 29 heavy (non-hydrogen) atoms. The van der Waals surface area contributed by atoms with Crippen molar-refractivity contribution in [2.24, 2.45) is 0 Å². The highest BCUT2D eigenvalue weighted by Crippen LogP contribution is 2.15. The van der Waals surface area contributed by atoms with E-state index in [1.54, 1.807) is 11.8 Å². The third-order valence-electron chi connectivity index (χ3n) is 4.96. The Bertz CT molecular complexity index is 834. The number of nitrogens with zero attached hydrogens (tertiary/aromatic N) is 1. The van der Waals surface area contributed by atoms with E-state index < -0.39 is 6.04 Å². The summed E-state index contributed by atoms with van der Waals surface area (Å²) in [6.45, 7) is 9.95. The smallest absolute Gasteiger partial charge is 0.261 e. The second-order valence-electron chi connectivity index (χ2n) is 7.61. The topological polar surface area (TPSA) is 58.6 Å². The zero-order valence-electron chi connectivity index (χ0n) is 18.1. The fourth-order valence-electron chi connectivity index (χ4n) is 2.99. The summed E-state index contributed by atoms with van der Waals surface area (Å²) in [5.41, 5.74) is 3.16. The number of hydrogen-bond donors (Lipinski definition) is 1. The molecule has 2 atom stereocenters. The molecule has 2 aromatic rings. The number of hydrogen-bond acceptors (Lipinski definition) is 3. The quantitative estimate of drug-likeness (QED) is 0.697. The van der Waals surface area contributed by atoms with Gasteiger partial charge >= 0.3 is 0 Å². The average Bonchev–Trinajstić information content (AvgIpc) is 2.69. The van der Waals surface area contributed by atoms with Gasteiger partial charge < -0.3 is 15.0 Å². The molecule has 2 aromatic carbocycles. The van der Waals surface area contributed by atoms with Crippen molar-refractivity contribution in [2.45, 2.75) is 59.7 Å². The van der Waals surface area contributed by atoms with Crippen LogP contribution in [-0.4, -0.2) is 35.4 Å². The van der Waals surface area contributed by atoms with Gasteiger partial charge in [0.25, 0.3) is 5.91 Å². The molecule has 0 saturated carbocycles. The van der Waals surface area contributed by atoms with Crippen molar-refractivity contribution in [3.8, 4) is 5.75 Å². The van der Waals surface area contributed by atoms with E-state index in [2.05, 4.69) is 5.32 Å². The van der Waals surface area contributed by atoms with Crippen LogP contribution in [0.2, 0.25) is 0 Å². The normalized spacial score (nSPS) is 12.7. The lowest BCUT2D eigenvalue weighted by atomic mass is 10.1.